The van der Waals surface area contributed by atoms with E-state index in [1.54, 1.807) is 0 Å². The summed E-state index contributed by atoms with van der Waals surface area (Å²) in [5.41, 5.74) is 2.76. The summed E-state index contributed by atoms with van der Waals surface area (Å²) in [6, 6.07) is 8.92. The smallest absolute Gasteiger partial charge is 0.0471 e. The molecular weight excluding hydrogens is 260 g/mol. The van der Waals surface area contributed by atoms with Crippen LogP contribution in [-0.2, 0) is 6.54 Å². The summed E-state index contributed by atoms with van der Waals surface area (Å²) in [5, 5.41) is 12.8. The number of nitrogens with zero attached hydrogens (tertiary/aromatic N) is 1. The van der Waals surface area contributed by atoms with Crippen LogP contribution in [0.2, 0.25) is 0 Å². The lowest BCUT2D eigenvalue weighted by molar-refractivity contribution is 0.121. The maximum Gasteiger partial charge on any atom is 0.0471 e. The molecule has 1 saturated heterocycles. The van der Waals surface area contributed by atoms with Gasteiger partial charge in [-0.15, -0.1) is 0 Å². The Bertz CT molecular complexity index is 402. The quantitative estimate of drug-likeness (QED) is 0.758. The fraction of sp³-hybridized carbons (Fsp3) is 0.667. The second-order valence-corrected chi connectivity index (χ2v) is 6.56. The molecule has 3 heteroatoms. The number of nitrogens with one attached hydrogen (secondary N) is 1. The van der Waals surface area contributed by atoms with Crippen LogP contribution >= 0.6 is 0 Å². The lowest BCUT2D eigenvalue weighted by Crippen LogP contribution is -2.40. The summed E-state index contributed by atoms with van der Waals surface area (Å²) < 4.78 is 0. The van der Waals surface area contributed by atoms with E-state index in [2.05, 4.69) is 48.3 Å². The van der Waals surface area contributed by atoms with Crippen molar-refractivity contribution in [3.05, 3.63) is 35.4 Å². The van der Waals surface area contributed by atoms with Gasteiger partial charge in [0, 0.05) is 32.8 Å². The van der Waals surface area contributed by atoms with Crippen LogP contribution in [0.15, 0.2) is 24.3 Å². The van der Waals surface area contributed by atoms with Crippen LogP contribution in [0.25, 0.3) is 0 Å². The molecule has 1 unspecified atom stereocenters. The van der Waals surface area contributed by atoms with Crippen LogP contribution in [0.1, 0.15) is 43.7 Å². The van der Waals surface area contributed by atoms with Crippen LogP contribution in [-0.4, -0.2) is 42.8 Å². The molecule has 0 amide bonds. The summed E-state index contributed by atoms with van der Waals surface area (Å²) in [6.45, 7) is 10.1. The molecule has 0 radical (unpaired) electrons. The molecule has 1 atom stereocenters. The number of likely N-dealkylation sites (tertiary alicyclic amines) is 1. The second-order valence-electron chi connectivity index (χ2n) is 6.56. The first-order valence-electron chi connectivity index (χ1n) is 8.32. The maximum atomic E-state index is 9.25. The summed E-state index contributed by atoms with van der Waals surface area (Å²) >= 11 is 0. The van der Waals surface area contributed by atoms with Gasteiger partial charge in [-0.05, 0) is 42.3 Å². The molecule has 21 heavy (non-hydrogen) atoms. The molecule has 0 aliphatic carbocycles. The van der Waals surface area contributed by atoms with Crippen molar-refractivity contribution >= 4 is 0 Å². The summed E-state index contributed by atoms with van der Waals surface area (Å²) in [7, 11) is 0. The van der Waals surface area contributed by atoms with E-state index >= 15 is 0 Å². The topological polar surface area (TPSA) is 35.5 Å². The molecule has 1 aliphatic rings. The Morgan fingerprint density at radius 1 is 1.29 bits per heavy atom. The zero-order chi connectivity index (χ0) is 15.1. The highest BCUT2D eigenvalue weighted by Gasteiger charge is 2.18. The highest BCUT2D eigenvalue weighted by atomic mass is 16.3. The molecule has 1 heterocycles. The molecule has 0 aromatic heterocycles. The van der Waals surface area contributed by atoms with Gasteiger partial charge in [0.2, 0.25) is 0 Å². The molecule has 1 fully saturated rings. The molecule has 0 saturated carbocycles. The Labute approximate surface area is 129 Å². The lowest BCUT2D eigenvalue weighted by atomic mass is 9.99. The van der Waals surface area contributed by atoms with Crippen molar-refractivity contribution in [1.29, 1.82) is 0 Å². The Balaban J connectivity index is 1.65. The van der Waals surface area contributed by atoms with E-state index in [1.807, 2.05) is 0 Å². The van der Waals surface area contributed by atoms with Crippen molar-refractivity contribution in [2.45, 2.75) is 39.2 Å². The van der Waals surface area contributed by atoms with Crippen LogP contribution in [0, 0.1) is 5.92 Å². The van der Waals surface area contributed by atoms with E-state index in [1.165, 1.54) is 30.5 Å². The van der Waals surface area contributed by atoms with E-state index in [9.17, 15) is 5.11 Å². The molecule has 1 aromatic carbocycles. The minimum absolute atomic E-state index is 0.339. The third kappa shape index (κ3) is 5.42. The number of rotatable bonds is 7. The number of piperidine rings is 1. The monoisotopic (exact) mass is 290 g/mol. The SMILES string of the molecule is CC(C)c1ccc(CNCCN2CCCC(CO)C2)cc1. The zero-order valence-electron chi connectivity index (χ0n) is 13.5. The van der Waals surface area contributed by atoms with Gasteiger partial charge in [-0.1, -0.05) is 38.1 Å². The fourth-order valence-corrected chi connectivity index (χ4v) is 2.99. The first-order valence-corrected chi connectivity index (χ1v) is 8.32. The number of hydrogen-bond acceptors (Lipinski definition) is 3. The average Bonchev–Trinajstić information content (AvgIpc) is 2.52. The van der Waals surface area contributed by atoms with E-state index < -0.39 is 0 Å². The van der Waals surface area contributed by atoms with Crippen molar-refractivity contribution < 1.29 is 5.11 Å². The first kappa shape index (κ1) is 16.5. The minimum Gasteiger partial charge on any atom is -0.396 e. The molecule has 2 N–H and O–H groups in total. The predicted octanol–water partition coefficient (Wildman–Crippen LogP) is 2.60. The third-order valence-electron chi connectivity index (χ3n) is 4.44. The van der Waals surface area contributed by atoms with Crippen molar-refractivity contribution in [2.75, 3.05) is 32.8 Å². The molecule has 118 valence electrons. The normalized spacial score (nSPS) is 20.1. The standard InChI is InChI=1S/C18H30N2O/c1-15(2)18-7-5-16(6-8-18)12-19-9-11-20-10-3-4-17(13-20)14-21/h5-8,15,17,19,21H,3-4,9-14H2,1-2H3. The third-order valence-corrected chi connectivity index (χ3v) is 4.44. The fourth-order valence-electron chi connectivity index (χ4n) is 2.99. The van der Waals surface area contributed by atoms with Gasteiger partial charge in [0.05, 0.1) is 0 Å². The Morgan fingerprint density at radius 2 is 2.05 bits per heavy atom. The summed E-state index contributed by atoms with van der Waals surface area (Å²) in [5.74, 6) is 1.09. The van der Waals surface area contributed by atoms with E-state index in [0.29, 0.717) is 18.4 Å². The molecule has 3 nitrogen and oxygen atoms in total. The van der Waals surface area contributed by atoms with Gasteiger partial charge in [0.1, 0.15) is 0 Å². The van der Waals surface area contributed by atoms with E-state index in [4.69, 9.17) is 0 Å². The molecule has 0 spiro atoms. The number of hydrogen-bond donors (Lipinski definition) is 2. The number of benzene rings is 1. The van der Waals surface area contributed by atoms with Crippen molar-refractivity contribution in [3.8, 4) is 0 Å². The summed E-state index contributed by atoms with van der Waals surface area (Å²) in [6.07, 6.45) is 2.41. The first-order chi connectivity index (χ1) is 10.2. The van der Waals surface area contributed by atoms with Crippen molar-refractivity contribution in [2.24, 2.45) is 5.92 Å². The maximum absolute atomic E-state index is 9.25. The van der Waals surface area contributed by atoms with Gasteiger partial charge in [-0.2, -0.15) is 0 Å². The molecule has 1 aliphatic heterocycles. The van der Waals surface area contributed by atoms with E-state index in [0.717, 1.165) is 26.2 Å². The van der Waals surface area contributed by atoms with Crippen LogP contribution < -0.4 is 5.32 Å². The number of aliphatic hydroxyl groups is 1. The van der Waals surface area contributed by atoms with E-state index in [-0.39, 0.29) is 0 Å². The van der Waals surface area contributed by atoms with Gasteiger partial charge < -0.3 is 15.3 Å². The van der Waals surface area contributed by atoms with Crippen LogP contribution in [0.4, 0.5) is 0 Å². The molecule has 0 bridgehead atoms. The van der Waals surface area contributed by atoms with Gasteiger partial charge in [-0.3, -0.25) is 0 Å². The van der Waals surface area contributed by atoms with Gasteiger partial charge in [0.25, 0.3) is 0 Å². The Kier molecular flexibility index (Phi) is 6.68. The van der Waals surface area contributed by atoms with Gasteiger partial charge >= 0.3 is 0 Å². The predicted molar refractivity (Wildman–Crippen MR) is 88.5 cm³/mol. The minimum atomic E-state index is 0.339. The van der Waals surface area contributed by atoms with Crippen molar-refractivity contribution in [1.82, 2.24) is 10.2 Å². The number of aliphatic hydroxyl groups excluding tert-OH is 1. The van der Waals surface area contributed by atoms with Crippen molar-refractivity contribution in [3.63, 3.8) is 0 Å². The molecule has 2 rings (SSSR count). The highest BCUT2D eigenvalue weighted by Crippen LogP contribution is 2.15. The van der Waals surface area contributed by atoms with Gasteiger partial charge in [-0.25, -0.2) is 0 Å². The summed E-state index contributed by atoms with van der Waals surface area (Å²) in [4.78, 5) is 2.47. The highest BCUT2D eigenvalue weighted by molar-refractivity contribution is 5.24. The van der Waals surface area contributed by atoms with Gasteiger partial charge in [0.15, 0.2) is 0 Å². The second kappa shape index (κ2) is 8.52. The Hall–Kier alpha value is -0.900. The largest absolute Gasteiger partial charge is 0.396 e. The average molecular weight is 290 g/mol. The Morgan fingerprint density at radius 3 is 2.71 bits per heavy atom. The zero-order valence-corrected chi connectivity index (χ0v) is 13.5. The van der Waals surface area contributed by atoms with Crippen LogP contribution in [0.5, 0.6) is 0 Å². The lowest BCUT2D eigenvalue weighted by Gasteiger charge is -2.31. The van der Waals surface area contributed by atoms with Crippen LogP contribution in [0.3, 0.4) is 0 Å². The molecule has 1 aromatic rings. The molecular formula is C18H30N2O.